The molecule has 2 atom stereocenters. The first kappa shape index (κ1) is 18.4. The Labute approximate surface area is 153 Å². The van der Waals surface area contributed by atoms with Crippen molar-refractivity contribution in [3.8, 4) is 0 Å². The van der Waals surface area contributed by atoms with Gasteiger partial charge in [-0.1, -0.05) is 42.5 Å². The Balaban J connectivity index is 1.54. The zero-order valence-corrected chi connectivity index (χ0v) is 15.0. The lowest BCUT2D eigenvalue weighted by Crippen LogP contribution is -2.53. The quantitative estimate of drug-likeness (QED) is 0.840. The predicted molar refractivity (Wildman–Crippen MR) is 101 cm³/mol. The molecule has 1 fully saturated rings. The van der Waals surface area contributed by atoms with Crippen LogP contribution in [-0.2, 0) is 20.7 Å². The number of hydrogen-bond donors (Lipinski definition) is 2. The Morgan fingerprint density at radius 3 is 2.85 bits per heavy atom. The second-order valence-corrected chi connectivity index (χ2v) is 6.70. The highest BCUT2D eigenvalue weighted by molar-refractivity contribution is 5.91. The van der Waals surface area contributed by atoms with Crippen LogP contribution in [0.4, 0.5) is 0 Å². The Morgan fingerprint density at radius 2 is 2.04 bits per heavy atom. The summed E-state index contributed by atoms with van der Waals surface area (Å²) < 4.78 is 5.56. The van der Waals surface area contributed by atoms with Crippen LogP contribution in [0.3, 0.4) is 0 Å². The molecule has 1 aliphatic heterocycles. The lowest BCUT2D eigenvalue weighted by molar-refractivity contribution is -0.139. The van der Waals surface area contributed by atoms with Crippen molar-refractivity contribution < 1.29 is 14.3 Å². The molecule has 2 aromatic rings. The summed E-state index contributed by atoms with van der Waals surface area (Å²) in [4.78, 5) is 26.3. The van der Waals surface area contributed by atoms with Gasteiger partial charge in [-0.05, 0) is 23.3 Å². The van der Waals surface area contributed by atoms with E-state index in [4.69, 9.17) is 10.5 Å². The van der Waals surface area contributed by atoms with Crippen molar-refractivity contribution in [3.63, 3.8) is 0 Å². The highest BCUT2D eigenvalue weighted by atomic mass is 16.5. The summed E-state index contributed by atoms with van der Waals surface area (Å²) in [5.41, 5.74) is 6.81. The molecule has 0 spiro atoms. The fourth-order valence-electron chi connectivity index (χ4n) is 3.19. The molecular formula is C20H25N3O3. The molecular weight excluding hydrogens is 330 g/mol. The van der Waals surface area contributed by atoms with Gasteiger partial charge in [0.05, 0.1) is 25.7 Å². The molecule has 3 N–H and O–H groups in total. The summed E-state index contributed by atoms with van der Waals surface area (Å²) in [7, 11) is 0. The van der Waals surface area contributed by atoms with Crippen molar-refractivity contribution in [2.24, 2.45) is 5.73 Å². The van der Waals surface area contributed by atoms with Crippen LogP contribution < -0.4 is 11.1 Å². The number of benzene rings is 2. The van der Waals surface area contributed by atoms with Gasteiger partial charge < -0.3 is 20.7 Å². The molecule has 6 nitrogen and oxygen atoms in total. The molecule has 2 amide bonds. The number of ether oxygens (including phenoxy) is 1. The van der Waals surface area contributed by atoms with E-state index in [0.29, 0.717) is 19.7 Å². The van der Waals surface area contributed by atoms with Crippen LogP contribution in [0, 0.1) is 0 Å². The maximum atomic E-state index is 12.4. The average molecular weight is 355 g/mol. The molecule has 0 bridgehead atoms. The highest BCUT2D eigenvalue weighted by Crippen LogP contribution is 2.18. The molecule has 138 valence electrons. The number of amides is 2. The molecule has 0 aliphatic carbocycles. The average Bonchev–Trinajstić information content (AvgIpc) is 2.66. The molecule has 0 unspecified atom stereocenters. The number of fused-ring (bicyclic) bond motifs is 1. The molecule has 3 rings (SSSR count). The van der Waals surface area contributed by atoms with E-state index in [1.165, 1.54) is 0 Å². The molecule has 2 aromatic carbocycles. The van der Waals surface area contributed by atoms with Gasteiger partial charge in [-0.2, -0.15) is 0 Å². The normalized spacial score (nSPS) is 18.5. The lowest BCUT2D eigenvalue weighted by atomic mass is 10.0. The zero-order valence-electron chi connectivity index (χ0n) is 15.0. The van der Waals surface area contributed by atoms with Crippen molar-refractivity contribution in [2.45, 2.75) is 25.5 Å². The number of hydrogen-bond acceptors (Lipinski definition) is 4. The number of nitrogens with one attached hydrogen (secondary N) is 1. The molecule has 1 heterocycles. The highest BCUT2D eigenvalue weighted by Gasteiger charge is 2.26. The van der Waals surface area contributed by atoms with Crippen molar-refractivity contribution in [2.75, 3.05) is 26.2 Å². The minimum absolute atomic E-state index is 0.00469. The standard InChI is InChI=1S/C20H25N3O3/c1-14(21)18-13-23(9-10-26-18)20(25)12-22-19(24)11-16-7-4-6-15-5-2-3-8-17(15)16/h2-8,14,18H,9-13,21H2,1H3,(H,22,24)/t14-,18+/m1/s1. The van der Waals surface area contributed by atoms with E-state index in [1.54, 1.807) is 4.90 Å². The number of nitrogens with zero attached hydrogens (tertiary/aromatic N) is 1. The van der Waals surface area contributed by atoms with Gasteiger partial charge in [-0.3, -0.25) is 9.59 Å². The van der Waals surface area contributed by atoms with Gasteiger partial charge in [0.2, 0.25) is 11.8 Å². The van der Waals surface area contributed by atoms with E-state index < -0.39 is 0 Å². The lowest BCUT2D eigenvalue weighted by Gasteiger charge is -2.34. The second kappa shape index (κ2) is 8.29. The number of carbonyl (C=O) groups excluding carboxylic acids is 2. The molecule has 1 aliphatic rings. The second-order valence-electron chi connectivity index (χ2n) is 6.70. The van der Waals surface area contributed by atoms with Crippen LogP contribution in [-0.4, -0.2) is 55.1 Å². The summed E-state index contributed by atoms with van der Waals surface area (Å²) in [6, 6.07) is 13.7. The summed E-state index contributed by atoms with van der Waals surface area (Å²) in [6.07, 6.45) is 0.0966. The Bertz CT molecular complexity index is 785. The maximum absolute atomic E-state index is 12.4. The number of rotatable bonds is 5. The van der Waals surface area contributed by atoms with Gasteiger partial charge in [0, 0.05) is 19.1 Å². The van der Waals surface area contributed by atoms with E-state index in [-0.39, 0.29) is 36.9 Å². The van der Waals surface area contributed by atoms with Crippen molar-refractivity contribution >= 4 is 22.6 Å². The monoisotopic (exact) mass is 355 g/mol. The van der Waals surface area contributed by atoms with Crippen LogP contribution in [0.15, 0.2) is 42.5 Å². The van der Waals surface area contributed by atoms with E-state index in [0.717, 1.165) is 16.3 Å². The molecule has 1 saturated heterocycles. The fraction of sp³-hybridized carbons (Fsp3) is 0.400. The summed E-state index contributed by atoms with van der Waals surface area (Å²) in [6.45, 7) is 3.33. The molecule has 0 saturated carbocycles. The first-order valence-electron chi connectivity index (χ1n) is 8.93. The first-order chi connectivity index (χ1) is 12.5. The number of carbonyl (C=O) groups is 2. The first-order valence-corrected chi connectivity index (χ1v) is 8.93. The minimum atomic E-state index is -0.160. The zero-order chi connectivity index (χ0) is 18.5. The molecule has 6 heteroatoms. The van der Waals surface area contributed by atoms with E-state index >= 15 is 0 Å². The van der Waals surface area contributed by atoms with E-state index in [1.807, 2.05) is 49.4 Å². The summed E-state index contributed by atoms with van der Waals surface area (Å²) >= 11 is 0. The Morgan fingerprint density at radius 1 is 1.27 bits per heavy atom. The molecule has 0 aromatic heterocycles. The van der Waals surface area contributed by atoms with Crippen LogP contribution in [0.25, 0.3) is 10.8 Å². The van der Waals surface area contributed by atoms with Gasteiger partial charge in [-0.15, -0.1) is 0 Å². The van der Waals surface area contributed by atoms with Crippen LogP contribution >= 0.6 is 0 Å². The van der Waals surface area contributed by atoms with Gasteiger partial charge in [0.1, 0.15) is 0 Å². The Hall–Kier alpha value is -2.44. The third-order valence-electron chi connectivity index (χ3n) is 4.70. The SMILES string of the molecule is C[C@@H](N)[C@@H]1CN(C(=O)CNC(=O)Cc2cccc3ccccc23)CCO1. The van der Waals surface area contributed by atoms with Crippen molar-refractivity contribution in [3.05, 3.63) is 48.0 Å². The summed E-state index contributed by atoms with van der Waals surface area (Å²) in [5, 5.41) is 4.90. The largest absolute Gasteiger partial charge is 0.373 e. The van der Waals surface area contributed by atoms with E-state index in [2.05, 4.69) is 5.32 Å². The smallest absolute Gasteiger partial charge is 0.242 e. The molecule has 0 radical (unpaired) electrons. The maximum Gasteiger partial charge on any atom is 0.242 e. The Kier molecular flexibility index (Phi) is 5.85. The molecule has 26 heavy (non-hydrogen) atoms. The number of nitrogens with two attached hydrogens (primary N) is 1. The van der Waals surface area contributed by atoms with Gasteiger partial charge in [0.25, 0.3) is 0 Å². The third kappa shape index (κ3) is 4.39. The van der Waals surface area contributed by atoms with Gasteiger partial charge in [-0.25, -0.2) is 0 Å². The third-order valence-corrected chi connectivity index (χ3v) is 4.70. The van der Waals surface area contributed by atoms with E-state index in [9.17, 15) is 9.59 Å². The van der Waals surface area contributed by atoms with Crippen LogP contribution in [0.1, 0.15) is 12.5 Å². The van der Waals surface area contributed by atoms with Crippen LogP contribution in [0.2, 0.25) is 0 Å². The summed E-state index contributed by atoms with van der Waals surface area (Å²) in [5.74, 6) is -0.267. The van der Waals surface area contributed by atoms with Gasteiger partial charge in [0.15, 0.2) is 0 Å². The van der Waals surface area contributed by atoms with Crippen molar-refractivity contribution in [1.29, 1.82) is 0 Å². The van der Waals surface area contributed by atoms with Crippen LogP contribution in [0.5, 0.6) is 0 Å². The topological polar surface area (TPSA) is 84.7 Å². The van der Waals surface area contributed by atoms with Gasteiger partial charge >= 0.3 is 0 Å². The predicted octanol–water partition coefficient (Wildman–Crippen LogP) is 1.07. The van der Waals surface area contributed by atoms with Crippen molar-refractivity contribution in [1.82, 2.24) is 10.2 Å². The minimum Gasteiger partial charge on any atom is -0.373 e. The fourth-order valence-corrected chi connectivity index (χ4v) is 3.19. The number of morpholine rings is 1.